The maximum absolute atomic E-state index is 13.1. The van der Waals surface area contributed by atoms with Gasteiger partial charge in [0, 0.05) is 4.47 Å². The van der Waals surface area contributed by atoms with Gasteiger partial charge in [-0.1, -0.05) is 41.1 Å². The standard InChI is InChI=1S/C18H17BrFNO3/c1-2-16(12-6-8-14(19)9-7-12)21-17(22)11-24-18(23)13-4-3-5-15(20)10-13/h3-10,16H,2,11H2,1H3,(H,21,22)/t16-/m0/s1. The summed E-state index contributed by atoms with van der Waals surface area (Å²) in [6, 6.07) is 12.6. The van der Waals surface area contributed by atoms with Crippen molar-refractivity contribution in [2.24, 2.45) is 0 Å². The Kier molecular flexibility index (Phi) is 6.49. The van der Waals surface area contributed by atoms with Crippen LogP contribution in [0, 0.1) is 5.82 Å². The molecule has 2 rings (SSSR count). The van der Waals surface area contributed by atoms with Gasteiger partial charge in [0.1, 0.15) is 5.82 Å². The van der Waals surface area contributed by atoms with Crippen molar-refractivity contribution in [2.75, 3.05) is 6.61 Å². The number of esters is 1. The maximum Gasteiger partial charge on any atom is 0.338 e. The number of halogens is 2. The predicted molar refractivity (Wildman–Crippen MR) is 92.0 cm³/mol. The van der Waals surface area contributed by atoms with E-state index in [-0.39, 0.29) is 11.6 Å². The molecule has 0 spiro atoms. The molecule has 1 atom stereocenters. The molecule has 1 N–H and O–H groups in total. The van der Waals surface area contributed by atoms with Gasteiger partial charge in [-0.3, -0.25) is 4.79 Å². The number of hydrogen-bond donors (Lipinski definition) is 1. The predicted octanol–water partition coefficient (Wildman–Crippen LogP) is 4.01. The largest absolute Gasteiger partial charge is 0.452 e. The van der Waals surface area contributed by atoms with E-state index in [1.165, 1.54) is 18.2 Å². The minimum absolute atomic E-state index is 0.0720. The minimum Gasteiger partial charge on any atom is -0.452 e. The highest BCUT2D eigenvalue weighted by atomic mass is 79.9. The first kappa shape index (κ1) is 18.1. The molecule has 0 aromatic heterocycles. The molecule has 0 saturated heterocycles. The summed E-state index contributed by atoms with van der Waals surface area (Å²) in [5, 5.41) is 2.82. The Hall–Kier alpha value is -2.21. The van der Waals surface area contributed by atoms with E-state index in [0.717, 1.165) is 16.1 Å². The molecule has 6 heteroatoms. The highest BCUT2D eigenvalue weighted by Crippen LogP contribution is 2.19. The fourth-order valence-corrected chi connectivity index (χ4v) is 2.45. The van der Waals surface area contributed by atoms with Gasteiger partial charge in [0.05, 0.1) is 11.6 Å². The van der Waals surface area contributed by atoms with E-state index < -0.39 is 24.3 Å². The first-order chi connectivity index (χ1) is 11.5. The molecule has 2 aromatic carbocycles. The zero-order valence-corrected chi connectivity index (χ0v) is 14.7. The smallest absolute Gasteiger partial charge is 0.338 e. The summed E-state index contributed by atoms with van der Waals surface area (Å²) < 4.78 is 18.9. The van der Waals surface area contributed by atoms with Gasteiger partial charge in [-0.2, -0.15) is 0 Å². The highest BCUT2D eigenvalue weighted by molar-refractivity contribution is 9.10. The molecule has 1 amide bonds. The third kappa shape index (κ3) is 5.16. The molecule has 0 aliphatic carbocycles. The SMILES string of the molecule is CC[C@H](NC(=O)COC(=O)c1cccc(F)c1)c1ccc(Br)cc1. The van der Waals surface area contributed by atoms with Gasteiger partial charge < -0.3 is 10.1 Å². The number of carbonyl (C=O) groups is 2. The van der Waals surface area contributed by atoms with Crippen LogP contribution in [-0.4, -0.2) is 18.5 Å². The molecule has 4 nitrogen and oxygen atoms in total. The number of carbonyl (C=O) groups excluding carboxylic acids is 2. The summed E-state index contributed by atoms with van der Waals surface area (Å²) in [5.41, 5.74) is 1.04. The minimum atomic E-state index is -0.735. The number of rotatable bonds is 6. The van der Waals surface area contributed by atoms with Crippen molar-refractivity contribution < 1.29 is 18.7 Å². The Bertz CT molecular complexity index is 718. The summed E-state index contributed by atoms with van der Waals surface area (Å²) in [6.07, 6.45) is 0.700. The Morgan fingerprint density at radius 3 is 2.54 bits per heavy atom. The van der Waals surface area contributed by atoms with Gasteiger partial charge in [0.2, 0.25) is 0 Å². The molecule has 0 fully saturated rings. The number of hydrogen-bond acceptors (Lipinski definition) is 3. The van der Waals surface area contributed by atoms with E-state index in [1.54, 1.807) is 0 Å². The summed E-state index contributed by atoms with van der Waals surface area (Å²) in [6.45, 7) is 1.54. The van der Waals surface area contributed by atoms with Crippen molar-refractivity contribution in [3.8, 4) is 0 Å². The van der Waals surface area contributed by atoms with Crippen LogP contribution in [0.2, 0.25) is 0 Å². The van der Waals surface area contributed by atoms with Crippen molar-refractivity contribution in [3.63, 3.8) is 0 Å². The number of nitrogens with one attached hydrogen (secondary N) is 1. The highest BCUT2D eigenvalue weighted by Gasteiger charge is 2.15. The topological polar surface area (TPSA) is 55.4 Å². The van der Waals surface area contributed by atoms with E-state index >= 15 is 0 Å². The fourth-order valence-electron chi connectivity index (χ4n) is 2.18. The summed E-state index contributed by atoms with van der Waals surface area (Å²) >= 11 is 3.36. The van der Waals surface area contributed by atoms with Crippen LogP contribution in [0.25, 0.3) is 0 Å². The van der Waals surface area contributed by atoms with Gasteiger partial charge in [-0.05, 0) is 42.3 Å². The molecule has 0 heterocycles. The van der Waals surface area contributed by atoms with Gasteiger partial charge in [0.25, 0.3) is 5.91 Å². The van der Waals surface area contributed by atoms with Crippen LogP contribution in [0.15, 0.2) is 53.0 Å². The molecule has 0 radical (unpaired) electrons. The number of ether oxygens (including phenoxy) is 1. The van der Waals surface area contributed by atoms with E-state index in [9.17, 15) is 14.0 Å². The van der Waals surface area contributed by atoms with Crippen molar-refractivity contribution in [2.45, 2.75) is 19.4 Å². The molecular formula is C18H17BrFNO3. The maximum atomic E-state index is 13.1. The van der Waals surface area contributed by atoms with Crippen LogP contribution >= 0.6 is 15.9 Å². The van der Waals surface area contributed by atoms with Gasteiger partial charge in [-0.15, -0.1) is 0 Å². The average Bonchev–Trinajstić information content (AvgIpc) is 2.58. The summed E-state index contributed by atoms with van der Waals surface area (Å²) in [4.78, 5) is 23.8. The quantitative estimate of drug-likeness (QED) is 0.754. The molecule has 0 unspecified atom stereocenters. The molecule has 0 bridgehead atoms. The second kappa shape index (κ2) is 8.59. The molecule has 2 aromatic rings. The Morgan fingerprint density at radius 1 is 1.21 bits per heavy atom. The second-order valence-corrected chi connectivity index (χ2v) is 6.08. The molecule has 0 aliphatic rings. The number of amides is 1. The average molecular weight is 394 g/mol. The molecule has 0 aliphatic heterocycles. The Labute approximate surface area is 148 Å². The fraction of sp³-hybridized carbons (Fsp3) is 0.222. The lowest BCUT2D eigenvalue weighted by Gasteiger charge is -2.17. The van der Waals surface area contributed by atoms with Crippen LogP contribution < -0.4 is 5.32 Å². The third-order valence-corrected chi connectivity index (χ3v) is 3.94. The summed E-state index contributed by atoms with van der Waals surface area (Å²) in [7, 11) is 0. The Morgan fingerprint density at radius 2 is 1.92 bits per heavy atom. The van der Waals surface area contributed by atoms with E-state index in [1.807, 2.05) is 31.2 Å². The van der Waals surface area contributed by atoms with Crippen molar-refractivity contribution in [1.29, 1.82) is 0 Å². The lowest BCUT2D eigenvalue weighted by molar-refractivity contribution is -0.125. The van der Waals surface area contributed by atoms with Gasteiger partial charge in [0.15, 0.2) is 6.61 Å². The third-order valence-electron chi connectivity index (χ3n) is 3.41. The molecule has 126 valence electrons. The first-order valence-corrected chi connectivity index (χ1v) is 8.26. The van der Waals surface area contributed by atoms with Crippen LogP contribution in [0.1, 0.15) is 35.3 Å². The lowest BCUT2D eigenvalue weighted by Crippen LogP contribution is -2.32. The lowest BCUT2D eigenvalue weighted by atomic mass is 10.0. The summed E-state index contributed by atoms with van der Waals surface area (Å²) in [5.74, 6) is -1.67. The van der Waals surface area contributed by atoms with Crippen molar-refractivity contribution in [1.82, 2.24) is 5.32 Å². The normalized spacial score (nSPS) is 11.6. The first-order valence-electron chi connectivity index (χ1n) is 7.47. The van der Waals surface area contributed by atoms with E-state index in [2.05, 4.69) is 21.2 Å². The number of benzene rings is 2. The molecule has 24 heavy (non-hydrogen) atoms. The van der Waals surface area contributed by atoms with Crippen LogP contribution in [-0.2, 0) is 9.53 Å². The molecular weight excluding hydrogens is 377 g/mol. The van der Waals surface area contributed by atoms with Crippen LogP contribution in [0.3, 0.4) is 0 Å². The second-order valence-electron chi connectivity index (χ2n) is 5.17. The van der Waals surface area contributed by atoms with Crippen molar-refractivity contribution in [3.05, 3.63) is 69.9 Å². The Balaban J connectivity index is 1.89. The zero-order valence-electron chi connectivity index (χ0n) is 13.1. The van der Waals surface area contributed by atoms with E-state index in [4.69, 9.17) is 4.74 Å². The zero-order chi connectivity index (χ0) is 17.5. The van der Waals surface area contributed by atoms with Crippen LogP contribution in [0.5, 0.6) is 0 Å². The van der Waals surface area contributed by atoms with Crippen molar-refractivity contribution >= 4 is 27.8 Å². The van der Waals surface area contributed by atoms with E-state index in [0.29, 0.717) is 6.42 Å². The monoisotopic (exact) mass is 393 g/mol. The van der Waals surface area contributed by atoms with Gasteiger partial charge in [-0.25, -0.2) is 9.18 Å². The van der Waals surface area contributed by atoms with Crippen LogP contribution in [0.4, 0.5) is 4.39 Å². The van der Waals surface area contributed by atoms with Gasteiger partial charge >= 0.3 is 5.97 Å². The molecule has 0 saturated carbocycles.